The Balaban J connectivity index is 3.12. The van der Waals surface area contributed by atoms with Crippen LogP contribution in [0.4, 0.5) is 11.4 Å². The maximum absolute atomic E-state index is 11.6. The lowest BCUT2D eigenvalue weighted by Gasteiger charge is -2.18. The quantitative estimate of drug-likeness (QED) is 0.667. The maximum Gasteiger partial charge on any atom is 0.310 e. The summed E-state index contributed by atoms with van der Waals surface area (Å²) in [5, 5.41) is 14.1. The van der Waals surface area contributed by atoms with Gasteiger partial charge in [0.1, 0.15) is 10.6 Å². The third kappa shape index (κ3) is 4.48. The van der Waals surface area contributed by atoms with Gasteiger partial charge in [-0.25, -0.2) is 8.42 Å². The van der Waals surface area contributed by atoms with E-state index in [-0.39, 0.29) is 21.7 Å². The van der Waals surface area contributed by atoms with Gasteiger partial charge in [0, 0.05) is 12.8 Å². The molecule has 0 saturated carbocycles. The molecule has 1 aromatic rings. The minimum absolute atomic E-state index is 0.0935. The molecule has 1 rings (SSSR count). The zero-order valence-electron chi connectivity index (χ0n) is 12.1. The maximum atomic E-state index is 11.6. The van der Waals surface area contributed by atoms with Crippen molar-refractivity contribution in [3.8, 4) is 0 Å². The molecule has 0 heterocycles. The van der Waals surface area contributed by atoms with Crippen molar-refractivity contribution in [1.29, 1.82) is 0 Å². The first-order valence-corrected chi connectivity index (χ1v) is 8.13. The summed E-state index contributed by atoms with van der Waals surface area (Å²) in [4.78, 5) is 10.2. The number of nitro groups is 1. The molecule has 0 aliphatic heterocycles. The second-order valence-corrected chi connectivity index (χ2v) is 7.90. The number of nitrogens with zero attached hydrogens (tertiary/aromatic N) is 1. The van der Waals surface area contributed by atoms with Crippen LogP contribution in [0.1, 0.15) is 27.2 Å². The Labute approximate surface area is 119 Å². The zero-order valence-corrected chi connectivity index (χ0v) is 13.0. The highest BCUT2D eigenvalue weighted by atomic mass is 32.2. The van der Waals surface area contributed by atoms with E-state index in [1.165, 1.54) is 18.2 Å². The number of anilines is 1. The van der Waals surface area contributed by atoms with Crippen molar-refractivity contribution in [3.63, 3.8) is 0 Å². The number of nitrogens with one attached hydrogen (secondary N) is 1. The van der Waals surface area contributed by atoms with Crippen LogP contribution >= 0.6 is 0 Å². The summed E-state index contributed by atoms with van der Waals surface area (Å²) < 4.78 is 23.2. The standard InChI is InChI=1S/C13H20N2O4S/c1-13(2,3)8-9-14-10-6-5-7-11(20(4,18)19)12(10)15(16)17/h5-7,14H,8-9H2,1-4H3. The van der Waals surface area contributed by atoms with Gasteiger partial charge in [0.15, 0.2) is 9.84 Å². The lowest BCUT2D eigenvalue weighted by atomic mass is 9.92. The Morgan fingerprint density at radius 1 is 1.30 bits per heavy atom. The first kappa shape index (κ1) is 16.4. The molecule has 0 bridgehead atoms. The van der Waals surface area contributed by atoms with Gasteiger partial charge in [-0.15, -0.1) is 0 Å². The van der Waals surface area contributed by atoms with E-state index in [2.05, 4.69) is 26.1 Å². The van der Waals surface area contributed by atoms with E-state index >= 15 is 0 Å². The van der Waals surface area contributed by atoms with Gasteiger partial charge in [0.05, 0.1) is 4.92 Å². The van der Waals surface area contributed by atoms with Gasteiger partial charge in [-0.3, -0.25) is 10.1 Å². The molecule has 0 unspecified atom stereocenters. The number of hydrogen-bond donors (Lipinski definition) is 1. The van der Waals surface area contributed by atoms with Crippen molar-refractivity contribution < 1.29 is 13.3 Å². The van der Waals surface area contributed by atoms with Crippen LogP contribution in [-0.4, -0.2) is 26.1 Å². The smallest absolute Gasteiger partial charge is 0.310 e. The van der Waals surface area contributed by atoms with Gasteiger partial charge < -0.3 is 5.32 Å². The number of rotatable bonds is 5. The fraction of sp³-hybridized carbons (Fsp3) is 0.538. The third-order valence-corrected chi connectivity index (χ3v) is 3.90. The molecule has 0 amide bonds. The van der Waals surface area contributed by atoms with E-state index in [0.717, 1.165) is 12.7 Å². The van der Waals surface area contributed by atoms with Crippen molar-refractivity contribution in [2.24, 2.45) is 5.41 Å². The fourth-order valence-electron chi connectivity index (χ4n) is 1.72. The number of para-hydroxylation sites is 1. The van der Waals surface area contributed by atoms with Gasteiger partial charge in [0.2, 0.25) is 0 Å². The summed E-state index contributed by atoms with van der Waals surface area (Å²) in [6.07, 6.45) is 1.78. The Morgan fingerprint density at radius 3 is 2.35 bits per heavy atom. The highest BCUT2D eigenvalue weighted by Crippen LogP contribution is 2.32. The molecular formula is C13H20N2O4S. The van der Waals surface area contributed by atoms with Crippen LogP contribution in [0.5, 0.6) is 0 Å². The molecule has 0 atom stereocenters. The van der Waals surface area contributed by atoms with Gasteiger partial charge in [-0.2, -0.15) is 0 Å². The molecule has 0 aliphatic rings. The molecule has 0 saturated heterocycles. The van der Waals surface area contributed by atoms with E-state index in [1.54, 1.807) is 0 Å². The molecule has 20 heavy (non-hydrogen) atoms. The molecular weight excluding hydrogens is 280 g/mol. The fourth-order valence-corrected chi connectivity index (χ4v) is 2.59. The monoisotopic (exact) mass is 300 g/mol. The van der Waals surface area contributed by atoms with Crippen molar-refractivity contribution in [3.05, 3.63) is 28.3 Å². The molecule has 1 N–H and O–H groups in total. The van der Waals surface area contributed by atoms with Crippen molar-refractivity contribution in [2.45, 2.75) is 32.1 Å². The van der Waals surface area contributed by atoms with Crippen LogP contribution in [0.15, 0.2) is 23.1 Å². The Kier molecular flexibility index (Phi) is 4.75. The number of sulfone groups is 1. The number of benzene rings is 1. The predicted molar refractivity (Wildman–Crippen MR) is 78.8 cm³/mol. The Bertz CT molecular complexity index is 603. The molecule has 7 heteroatoms. The molecule has 6 nitrogen and oxygen atoms in total. The Hall–Kier alpha value is -1.63. The normalized spacial score (nSPS) is 12.2. The summed E-state index contributed by atoms with van der Waals surface area (Å²) in [5.74, 6) is 0. The van der Waals surface area contributed by atoms with Gasteiger partial charge in [-0.1, -0.05) is 26.8 Å². The lowest BCUT2D eigenvalue weighted by molar-refractivity contribution is -0.386. The first-order valence-electron chi connectivity index (χ1n) is 6.24. The molecule has 0 radical (unpaired) electrons. The zero-order chi connectivity index (χ0) is 15.6. The van der Waals surface area contributed by atoms with Gasteiger partial charge in [0.25, 0.3) is 0 Å². The Morgan fingerprint density at radius 2 is 1.90 bits per heavy atom. The average molecular weight is 300 g/mol. The van der Waals surface area contributed by atoms with Gasteiger partial charge in [-0.05, 0) is 24.0 Å². The highest BCUT2D eigenvalue weighted by Gasteiger charge is 2.26. The SMILES string of the molecule is CC(C)(C)CCNc1cccc(S(C)(=O)=O)c1[N+](=O)[O-]. The number of nitro benzene ring substituents is 1. The summed E-state index contributed by atoms with van der Waals surface area (Å²) in [5.41, 5.74) is -0.0537. The predicted octanol–water partition coefficient (Wildman–Crippen LogP) is 2.85. The van der Waals surface area contributed by atoms with Crippen LogP contribution in [0.25, 0.3) is 0 Å². The lowest BCUT2D eigenvalue weighted by Crippen LogP contribution is -2.14. The van der Waals surface area contributed by atoms with E-state index in [9.17, 15) is 18.5 Å². The second kappa shape index (κ2) is 5.78. The van der Waals surface area contributed by atoms with E-state index in [0.29, 0.717) is 6.54 Å². The molecule has 0 aromatic heterocycles. The van der Waals surface area contributed by atoms with Gasteiger partial charge >= 0.3 is 5.69 Å². The largest absolute Gasteiger partial charge is 0.379 e. The van der Waals surface area contributed by atoms with Crippen molar-refractivity contribution in [2.75, 3.05) is 18.1 Å². The third-order valence-electron chi connectivity index (χ3n) is 2.77. The van der Waals surface area contributed by atoms with E-state index in [4.69, 9.17) is 0 Å². The first-order chi connectivity index (χ1) is 9.02. The minimum Gasteiger partial charge on any atom is -0.379 e. The van der Waals surface area contributed by atoms with Crippen LogP contribution in [0, 0.1) is 15.5 Å². The van der Waals surface area contributed by atoms with Crippen LogP contribution in [-0.2, 0) is 9.84 Å². The van der Waals surface area contributed by atoms with Crippen LogP contribution < -0.4 is 5.32 Å². The number of hydrogen-bond acceptors (Lipinski definition) is 5. The molecule has 0 aliphatic carbocycles. The summed E-state index contributed by atoms with van der Waals surface area (Å²) in [7, 11) is -3.64. The van der Waals surface area contributed by atoms with Crippen molar-refractivity contribution in [1.82, 2.24) is 0 Å². The second-order valence-electron chi connectivity index (χ2n) is 5.92. The van der Waals surface area contributed by atoms with E-state index < -0.39 is 14.8 Å². The molecule has 1 aromatic carbocycles. The average Bonchev–Trinajstić information content (AvgIpc) is 2.25. The van der Waals surface area contributed by atoms with Crippen molar-refractivity contribution >= 4 is 21.2 Å². The minimum atomic E-state index is -3.64. The molecule has 112 valence electrons. The van der Waals surface area contributed by atoms with E-state index in [1.807, 2.05) is 0 Å². The van der Waals surface area contributed by atoms with Crippen LogP contribution in [0.3, 0.4) is 0 Å². The summed E-state index contributed by atoms with van der Waals surface area (Å²) in [6, 6.07) is 4.28. The highest BCUT2D eigenvalue weighted by molar-refractivity contribution is 7.90. The topological polar surface area (TPSA) is 89.3 Å². The molecule has 0 spiro atoms. The van der Waals surface area contributed by atoms with Crippen LogP contribution in [0.2, 0.25) is 0 Å². The summed E-state index contributed by atoms with van der Waals surface area (Å²) >= 11 is 0. The molecule has 0 fully saturated rings. The summed E-state index contributed by atoms with van der Waals surface area (Å²) in [6.45, 7) is 6.74.